The van der Waals surface area contributed by atoms with E-state index in [1.54, 1.807) is 0 Å². The van der Waals surface area contributed by atoms with E-state index >= 15 is 0 Å². The smallest absolute Gasteiger partial charge is 0.0622 e. The maximum absolute atomic E-state index is 5.51. The van der Waals surface area contributed by atoms with Crippen LogP contribution in [0.3, 0.4) is 0 Å². The van der Waals surface area contributed by atoms with E-state index in [-0.39, 0.29) is 0 Å². The van der Waals surface area contributed by atoms with Crippen molar-refractivity contribution in [3.8, 4) is 0 Å². The van der Waals surface area contributed by atoms with Crippen LogP contribution in [0.1, 0.15) is 32.1 Å². The highest BCUT2D eigenvalue weighted by atomic mass is 16.5. The van der Waals surface area contributed by atoms with E-state index in [1.807, 2.05) is 0 Å². The Labute approximate surface area is 98.5 Å². The first-order chi connectivity index (χ1) is 7.93. The third-order valence-corrected chi connectivity index (χ3v) is 4.58. The lowest BCUT2D eigenvalue weighted by molar-refractivity contribution is 0.0922. The fourth-order valence-corrected chi connectivity index (χ4v) is 3.62. The molecular weight excluding hydrogens is 200 g/mol. The summed E-state index contributed by atoms with van der Waals surface area (Å²) in [5.41, 5.74) is 0. The lowest BCUT2D eigenvalue weighted by Gasteiger charge is -2.38. The van der Waals surface area contributed by atoms with Crippen LogP contribution in [0.5, 0.6) is 0 Å². The van der Waals surface area contributed by atoms with E-state index in [0.717, 1.165) is 31.2 Å². The molecule has 0 saturated carbocycles. The standard InChI is InChI=1S/C13H24N2O/c1-4-13(14-6-1)11-3-2-7-15(9-11)12-5-8-16-10-12/h11-14H,1-10H2. The van der Waals surface area contributed by atoms with Gasteiger partial charge in [0.05, 0.1) is 6.61 Å². The number of ether oxygens (including phenoxy) is 1. The second-order valence-corrected chi connectivity index (χ2v) is 5.62. The summed E-state index contributed by atoms with van der Waals surface area (Å²) in [4.78, 5) is 2.70. The summed E-state index contributed by atoms with van der Waals surface area (Å²) in [6.07, 6.45) is 6.86. The van der Waals surface area contributed by atoms with E-state index in [2.05, 4.69) is 10.2 Å². The maximum atomic E-state index is 5.51. The minimum atomic E-state index is 0.726. The summed E-state index contributed by atoms with van der Waals surface area (Å²) in [6.45, 7) is 5.81. The lowest BCUT2D eigenvalue weighted by Crippen LogP contribution is -2.47. The zero-order valence-electron chi connectivity index (χ0n) is 10.2. The molecule has 0 radical (unpaired) electrons. The Kier molecular flexibility index (Phi) is 3.46. The molecule has 3 heteroatoms. The molecule has 3 saturated heterocycles. The van der Waals surface area contributed by atoms with E-state index in [9.17, 15) is 0 Å². The molecule has 0 aromatic heterocycles. The van der Waals surface area contributed by atoms with Gasteiger partial charge in [-0.1, -0.05) is 0 Å². The van der Waals surface area contributed by atoms with Gasteiger partial charge in [0.15, 0.2) is 0 Å². The first kappa shape index (κ1) is 11.0. The van der Waals surface area contributed by atoms with Crippen LogP contribution in [0.25, 0.3) is 0 Å². The van der Waals surface area contributed by atoms with Crippen molar-refractivity contribution in [3.63, 3.8) is 0 Å². The molecule has 3 atom stereocenters. The van der Waals surface area contributed by atoms with E-state index in [4.69, 9.17) is 4.74 Å². The summed E-state index contributed by atoms with van der Waals surface area (Å²) in [6, 6.07) is 1.54. The number of hydrogen-bond acceptors (Lipinski definition) is 3. The van der Waals surface area contributed by atoms with Crippen molar-refractivity contribution in [1.29, 1.82) is 0 Å². The average molecular weight is 224 g/mol. The zero-order valence-corrected chi connectivity index (χ0v) is 10.2. The van der Waals surface area contributed by atoms with Gasteiger partial charge in [-0.15, -0.1) is 0 Å². The maximum Gasteiger partial charge on any atom is 0.0622 e. The normalized spacial score (nSPS) is 41.6. The van der Waals surface area contributed by atoms with Crippen molar-refractivity contribution in [2.24, 2.45) is 5.92 Å². The molecule has 3 heterocycles. The molecular formula is C13H24N2O. The van der Waals surface area contributed by atoms with Crippen LogP contribution in [0.15, 0.2) is 0 Å². The van der Waals surface area contributed by atoms with Crippen molar-refractivity contribution < 1.29 is 4.74 Å². The fourth-order valence-electron chi connectivity index (χ4n) is 3.62. The monoisotopic (exact) mass is 224 g/mol. The predicted octanol–water partition coefficient (Wildman–Crippen LogP) is 1.24. The minimum absolute atomic E-state index is 0.726. The number of piperidine rings is 1. The molecule has 0 amide bonds. The van der Waals surface area contributed by atoms with Crippen molar-refractivity contribution >= 4 is 0 Å². The fraction of sp³-hybridized carbons (Fsp3) is 1.00. The zero-order chi connectivity index (χ0) is 10.8. The topological polar surface area (TPSA) is 24.5 Å². The van der Waals surface area contributed by atoms with Gasteiger partial charge in [-0.3, -0.25) is 4.90 Å². The average Bonchev–Trinajstić information content (AvgIpc) is 3.03. The summed E-state index contributed by atoms with van der Waals surface area (Å²) >= 11 is 0. The van der Waals surface area contributed by atoms with Crippen LogP contribution < -0.4 is 5.32 Å². The highest BCUT2D eigenvalue weighted by molar-refractivity contribution is 4.88. The molecule has 3 nitrogen and oxygen atoms in total. The Morgan fingerprint density at radius 3 is 2.88 bits per heavy atom. The van der Waals surface area contributed by atoms with Gasteiger partial charge in [0.25, 0.3) is 0 Å². The molecule has 1 N–H and O–H groups in total. The number of hydrogen-bond donors (Lipinski definition) is 1. The molecule has 16 heavy (non-hydrogen) atoms. The van der Waals surface area contributed by atoms with Gasteiger partial charge in [-0.25, -0.2) is 0 Å². The van der Waals surface area contributed by atoms with Crippen LogP contribution >= 0.6 is 0 Å². The SMILES string of the molecule is C1CNC(C2CCCN(C3CCOC3)C2)C1. The summed E-state index contributed by atoms with van der Waals surface area (Å²) in [5, 5.41) is 3.68. The second kappa shape index (κ2) is 5.03. The molecule has 3 fully saturated rings. The predicted molar refractivity (Wildman–Crippen MR) is 64.5 cm³/mol. The molecule has 3 aliphatic heterocycles. The van der Waals surface area contributed by atoms with Crippen LogP contribution in [0, 0.1) is 5.92 Å². The van der Waals surface area contributed by atoms with Crippen molar-refractivity contribution in [2.45, 2.75) is 44.2 Å². The molecule has 0 aromatic carbocycles. The van der Waals surface area contributed by atoms with Gasteiger partial charge < -0.3 is 10.1 Å². The molecule has 0 bridgehead atoms. The summed E-state index contributed by atoms with van der Waals surface area (Å²) < 4.78 is 5.51. The van der Waals surface area contributed by atoms with Crippen LogP contribution in [0.2, 0.25) is 0 Å². The highest BCUT2D eigenvalue weighted by Crippen LogP contribution is 2.27. The largest absolute Gasteiger partial charge is 0.380 e. The van der Waals surface area contributed by atoms with Crippen molar-refractivity contribution in [2.75, 3.05) is 32.8 Å². The molecule has 3 rings (SSSR count). The number of rotatable bonds is 2. The Morgan fingerprint density at radius 2 is 2.12 bits per heavy atom. The van der Waals surface area contributed by atoms with Crippen LogP contribution in [-0.4, -0.2) is 49.8 Å². The lowest BCUT2D eigenvalue weighted by atomic mass is 9.89. The first-order valence-corrected chi connectivity index (χ1v) is 6.98. The molecule has 0 spiro atoms. The second-order valence-electron chi connectivity index (χ2n) is 5.62. The Bertz CT molecular complexity index is 200. The van der Waals surface area contributed by atoms with Gasteiger partial charge in [0.1, 0.15) is 0 Å². The van der Waals surface area contributed by atoms with Gasteiger partial charge in [-0.05, 0) is 51.1 Å². The van der Waals surface area contributed by atoms with Crippen LogP contribution in [0.4, 0.5) is 0 Å². The van der Waals surface area contributed by atoms with Crippen molar-refractivity contribution in [3.05, 3.63) is 0 Å². The van der Waals surface area contributed by atoms with Gasteiger partial charge >= 0.3 is 0 Å². The molecule has 3 unspecified atom stereocenters. The summed E-state index contributed by atoms with van der Waals surface area (Å²) in [7, 11) is 0. The quantitative estimate of drug-likeness (QED) is 0.764. The van der Waals surface area contributed by atoms with E-state index in [1.165, 1.54) is 51.7 Å². The van der Waals surface area contributed by atoms with Gasteiger partial charge in [0.2, 0.25) is 0 Å². The van der Waals surface area contributed by atoms with Gasteiger partial charge in [-0.2, -0.15) is 0 Å². The van der Waals surface area contributed by atoms with E-state index < -0.39 is 0 Å². The number of nitrogens with zero attached hydrogens (tertiary/aromatic N) is 1. The van der Waals surface area contributed by atoms with Crippen molar-refractivity contribution in [1.82, 2.24) is 10.2 Å². The Hall–Kier alpha value is -0.120. The number of nitrogens with one attached hydrogen (secondary N) is 1. The molecule has 0 aromatic rings. The summed E-state index contributed by atoms with van der Waals surface area (Å²) in [5.74, 6) is 0.900. The number of likely N-dealkylation sites (tertiary alicyclic amines) is 1. The Morgan fingerprint density at radius 1 is 1.12 bits per heavy atom. The van der Waals surface area contributed by atoms with Crippen LogP contribution in [-0.2, 0) is 4.74 Å². The molecule has 3 aliphatic rings. The first-order valence-electron chi connectivity index (χ1n) is 6.98. The Balaban J connectivity index is 1.56. The third-order valence-electron chi connectivity index (χ3n) is 4.58. The van der Waals surface area contributed by atoms with Gasteiger partial charge in [0, 0.05) is 25.2 Å². The highest BCUT2D eigenvalue weighted by Gasteiger charge is 2.32. The minimum Gasteiger partial charge on any atom is -0.380 e. The van der Waals surface area contributed by atoms with E-state index in [0.29, 0.717) is 0 Å². The third kappa shape index (κ3) is 2.27. The molecule has 0 aliphatic carbocycles. The molecule has 92 valence electrons.